The van der Waals surface area contributed by atoms with Crippen molar-refractivity contribution in [1.29, 1.82) is 5.26 Å². The Kier molecular flexibility index (Phi) is 1.11. The van der Waals surface area contributed by atoms with Gasteiger partial charge in [-0.05, 0) is 0 Å². The maximum atomic E-state index is 7.70. The molecule has 0 fully saturated rings. The number of rotatable bonds is 0. The number of hydrogen-bond acceptors (Lipinski definition) is 1. The molecule has 0 atom stereocenters. The van der Waals surface area contributed by atoms with Crippen molar-refractivity contribution in [2.45, 2.75) is 13.3 Å². The summed E-state index contributed by atoms with van der Waals surface area (Å²) in [4.78, 5) is 0. The number of nitrogens with zero attached hydrogens (tertiary/aromatic N) is 1. The molecule has 0 bridgehead atoms. The molecule has 1 heteroatoms. The van der Waals surface area contributed by atoms with Gasteiger partial charge in [0.05, 0.1) is 6.07 Å². The number of nitriles is 1. The van der Waals surface area contributed by atoms with Crippen LogP contribution in [-0.2, 0) is 0 Å². The minimum Gasteiger partial charge on any atom is -0.198 e. The SMILES string of the molecule is [3H]CCC#N. The third-order valence-electron chi connectivity index (χ3n) is 0.112. The Morgan fingerprint density at radius 3 is 3.25 bits per heavy atom. The van der Waals surface area contributed by atoms with E-state index in [1.807, 2.05) is 6.07 Å². The van der Waals surface area contributed by atoms with Crippen LogP contribution in [0.3, 0.4) is 0 Å². The van der Waals surface area contributed by atoms with Crippen molar-refractivity contribution < 1.29 is 1.37 Å². The lowest BCUT2D eigenvalue weighted by atomic mass is 10.6. The summed E-state index contributed by atoms with van der Waals surface area (Å²) in [7, 11) is 0. The van der Waals surface area contributed by atoms with Gasteiger partial charge in [-0.2, -0.15) is 5.26 Å². The quantitative estimate of drug-likeness (QED) is 0.405. The average molecular weight is 57.1 g/mol. The van der Waals surface area contributed by atoms with Gasteiger partial charge in [-0.3, -0.25) is 0 Å². The maximum absolute atomic E-state index is 7.70. The minimum absolute atomic E-state index is 0.233. The van der Waals surface area contributed by atoms with E-state index in [0.717, 1.165) is 0 Å². The molecule has 0 unspecified atom stereocenters. The Morgan fingerprint density at radius 1 is 2.50 bits per heavy atom. The maximum Gasteiger partial charge on any atom is 0.0618 e. The van der Waals surface area contributed by atoms with Gasteiger partial charge in [0.2, 0.25) is 0 Å². The fourth-order valence-electron chi connectivity index (χ4n) is 0. The fourth-order valence-corrected chi connectivity index (χ4v) is 0. The lowest BCUT2D eigenvalue weighted by molar-refractivity contribution is 1.22. The molecule has 0 aliphatic rings. The summed E-state index contributed by atoms with van der Waals surface area (Å²) in [5.74, 6) is 0. The van der Waals surface area contributed by atoms with Crippen LogP contribution in [0.25, 0.3) is 0 Å². The second kappa shape index (κ2) is 2.49. The van der Waals surface area contributed by atoms with E-state index in [1.54, 1.807) is 0 Å². The van der Waals surface area contributed by atoms with E-state index in [2.05, 4.69) is 0 Å². The molecule has 0 spiro atoms. The topological polar surface area (TPSA) is 23.8 Å². The molecule has 0 heterocycles. The Balaban J connectivity index is 2.48. The van der Waals surface area contributed by atoms with Gasteiger partial charge >= 0.3 is 0 Å². The van der Waals surface area contributed by atoms with Crippen molar-refractivity contribution in [2.24, 2.45) is 0 Å². The third kappa shape index (κ3) is 1.49. The molecular weight excluding hydrogens is 50.0 g/mol. The first-order valence-corrected chi connectivity index (χ1v) is 1.08. The zero-order valence-corrected chi connectivity index (χ0v) is 2.36. The van der Waals surface area contributed by atoms with Crippen molar-refractivity contribution in [2.75, 3.05) is 0 Å². The van der Waals surface area contributed by atoms with Crippen LogP contribution >= 0.6 is 0 Å². The predicted octanol–water partition coefficient (Wildman–Crippen LogP) is 0.920. The molecule has 1 nitrogen and oxygen atoms in total. The summed E-state index contributed by atoms with van der Waals surface area (Å²) in [5.41, 5.74) is 0. The summed E-state index contributed by atoms with van der Waals surface area (Å²) in [6.45, 7) is 0.233. The fraction of sp³-hybridized carbons (Fsp3) is 0.667. The molecule has 22 valence electrons. The molecule has 0 saturated carbocycles. The van der Waals surface area contributed by atoms with E-state index in [4.69, 9.17) is 6.63 Å². The number of hydrogen-bond donors (Lipinski definition) is 0. The van der Waals surface area contributed by atoms with Gasteiger partial charge in [-0.25, -0.2) is 0 Å². The van der Waals surface area contributed by atoms with Crippen LogP contribution in [0.15, 0.2) is 0 Å². The molecule has 0 aromatic rings. The van der Waals surface area contributed by atoms with Crippen LogP contribution in [0.4, 0.5) is 0 Å². The van der Waals surface area contributed by atoms with Gasteiger partial charge < -0.3 is 0 Å². The first-order valence-electron chi connectivity index (χ1n) is 1.78. The van der Waals surface area contributed by atoms with Crippen LogP contribution in [-0.4, -0.2) is 0 Å². The first-order chi connectivity index (χ1) is 2.41. The standard InChI is InChI=1S/C3H5N/c1-2-3-4/h2H2,1H3/i1T. The molecule has 0 aromatic heterocycles. The van der Waals surface area contributed by atoms with Gasteiger partial charge in [0.15, 0.2) is 0 Å². The molecular formula is C3H5N. The van der Waals surface area contributed by atoms with Gasteiger partial charge in [0.1, 0.15) is 0 Å². The first kappa shape index (κ1) is 1.78. The van der Waals surface area contributed by atoms with Crippen LogP contribution in [0.2, 0.25) is 0 Å². The van der Waals surface area contributed by atoms with E-state index < -0.39 is 0 Å². The van der Waals surface area contributed by atoms with Crippen molar-refractivity contribution >= 4 is 0 Å². The monoisotopic (exact) mass is 57.1 g/mol. The van der Waals surface area contributed by atoms with E-state index in [1.165, 1.54) is 0 Å². The Morgan fingerprint density at radius 2 is 3.25 bits per heavy atom. The Hall–Kier alpha value is -0.510. The highest BCUT2D eigenvalue weighted by Gasteiger charge is 1.49. The molecule has 0 aromatic carbocycles. The average Bonchev–Trinajstić information content (AvgIpc) is 1.41. The Bertz CT molecular complexity index is 45.3. The molecule has 0 amide bonds. The van der Waals surface area contributed by atoms with Gasteiger partial charge in [-0.15, -0.1) is 0 Å². The van der Waals surface area contributed by atoms with Gasteiger partial charge in [0.25, 0.3) is 0 Å². The van der Waals surface area contributed by atoms with Crippen molar-refractivity contribution in [1.82, 2.24) is 0 Å². The predicted molar refractivity (Wildman–Crippen MR) is 15.9 cm³/mol. The largest absolute Gasteiger partial charge is 0.198 e. The summed E-state index contributed by atoms with van der Waals surface area (Å²) in [6, 6.07) is 1.83. The smallest absolute Gasteiger partial charge is 0.0618 e. The molecule has 0 N–H and O–H groups in total. The summed E-state index contributed by atoms with van der Waals surface area (Å²) < 4.78 is 6.38. The molecule has 0 aliphatic heterocycles. The summed E-state index contributed by atoms with van der Waals surface area (Å²) in [5, 5.41) is 7.70. The molecule has 4 heavy (non-hydrogen) atoms. The van der Waals surface area contributed by atoms with Gasteiger partial charge in [-0.1, -0.05) is 6.90 Å². The van der Waals surface area contributed by atoms with Crippen LogP contribution in [0.5, 0.6) is 0 Å². The molecule has 0 radical (unpaired) electrons. The molecule has 0 rings (SSSR count). The van der Waals surface area contributed by atoms with Crippen LogP contribution in [0.1, 0.15) is 14.7 Å². The minimum atomic E-state index is 0.233. The van der Waals surface area contributed by atoms with E-state index in [0.29, 0.717) is 6.42 Å². The second-order valence-corrected chi connectivity index (χ2v) is 0.408. The zero-order chi connectivity index (χ0) is 4.12. The van der Waals surface area contributed by atoms with Crippen LogP contribution in [0, 0.1) is 11.3 Å². The van der Waals surface area contributed by atoms with E-state index in [9.17, 15) is 0 Å². The lowest BCUT2D eigenvalue weighted by Gasteiger charge is -1.47. The third-order valence-corrected chi connectivity index (χ3v) is 0.112. The lowest BCUT2D eigenvalue weighted by Crippen LogP contribution is -1.38. The summed E-state index contributed by atoms with van der Waals surface area (Å²) in [6.07, 6.45) is 0.361. The van der Waals surface area contributed by atoms with Gasteiger partial charge in [0, 0.05) is 7.79 Å². The zero-order valence-electron chi connectivity index (χ0n) is 3.36. The van der Waals surface area contributed by atoms with Crippen molar-refractivity contribution in [3.05, 3.63) is 0 Å². The highest BCUT2D eigenvalue weighted by atomic mass is 14.2. The van der Waals surface area contributed by atoms with Crippen molar-refractivity contribution in [3.8, 4) is 6.07 Å². The summed E-state index contributed by atoms with van der Waals surface area (Å²) >= 11 is 0. The van der Waals surface area contributed by atoms with E-state index >= 15 is 0 Å². The second-order valence-electron chi connectivity index (χ2n) is 0.408. The highest BCUT2D eigenvalue weighted by molar-refractivity contribution is 4.61. The highest BCUT2D eigenvalue weighted by Crippen LogP contribution is 1.58. The normalized spacial score (nSPS) is 8.25. The van der Waals surface area contributed by atoms with E-state index in [-0.39, 0.29) is 6.90 Å². The Labute approximate surface area is 27.3 Å². The van der Waals surface area contributed by atoms with Crippen LogP contribution < -0.4 is 0 Å². The molecule has 0 aliphatic carbocycles. The van der Waals surface area contributed by atoms with Crippen molar-refractivity contribution in [3.63, 3.8) is 0 Å². The molecule has 0 saturated heterocycles.